The van der Waals surface area contributed by atoms with Gasteiger partial charge in [0, 0.05) is 69.0 Å². The molecule has 2 aromatic heterocycles. The van der Waals surface area contributed by atoms with Crippen molar-refractivity contribution in [3.63, 3.8) is 0 Å². The second-order valence-corrected chi connectivity index (χ2v) is 14.4. The van der Waals surface area contributed by atoms with Crippen molar-refractivity contribution in [2.24, 2.45) is 0 Å². The van der Waals surface area contributed by atoms with E-state index in [2.05, 4.69) is 20.0 Å². The molecule has 0 saturated carbocycles. The van der Waals surface area contributed by atoms with Crippen LogP contribution in [0.4, 0.5) is 0 Å². The van der Waals surface area contributed by atoms with E-state index in [1.165, 1.54) is 0 Å². The summed E-state index contributed by atoms with van der Waals surface area (Å²) in [6.45, 7) is 17.6. The lowest BCUT2D eigenvalue weighted by Gasteiger charge is -2.31. The molecule has 3 heterocycles. The van der Waals surface area contributed by atoms with E-state index in [0.29, 0.717) is 69.8 Å². The third-order valence-electron chi connectivity index (χ3n) is 7.09. The predicted molar refractivity (Wildman–Crippen MR) is 176 cm³/mol. The molecule has 3 aromatic rings. The number of hydrogen-bond acceptors (Lipinski definition) is 11. The molecule has 1 aromatic carbocycles. The molecule has 1 aliphatic rings. The Hall–Kier alpha value is -2.96. The molecule has 1 N–H and O–H groups in total. The minimum absolute atomic E-state index is 0.0514. The van der Waals surface area contributed by atoms with Crippen molar-refractivity contribution >= 4 is 43.6 Å². The second-order valence-electron chi connectivity index (χ2n) is 13.3. The Kier molecular flexibility index (Phi) is 11.5. The maximum absolute atomic E-state index is 13.3. The molecule has 4 rings (SSSR count). The molecule has 0 atom stereocenters. The van der Waals surface area contributed by atoms with Crippen LogP contribution in [0.5, 0.6) is 0 Å². The molecule has 0 unspecified atom stereocenters. The maximum Gasteiger partial charge on any atom is 0.320 e. The monoisotopic (exact) mass is 625 g/mol. The summed E-state index contributed by atoms with van der Waals surface area (Å²) in [5, 5.41) is 4.14. The molecule has 0 spiro atoms. The summed E-state index contributed by atoms with van der Waals surface area (Å²) in [6.07, 6.45) is 0. The van der Waals surface area contributed by atoms with E-state index in [0.717, 1.165) is 15.1 Å². The first-order valence-electron chi connectivity index (χ1n) is 15.4. The Labute approximate surface area is 264 Å². The first kappa shape index (κ1) is 33.9. The number of nitrogens with zero attached hydrogens (tertiary/aromatic N) is 4. The van der Waals surface area contributed by atoms with Crippen LogP contribution in [-0.2, 0) is 25.6 Å². The van der Waals surface area contributed by atoms with Crippen molar-refractivity contribution in [3.05, 3.63) is 52.3 Å². The summed E-state index contributed by atoms with van der Waals surface area (Å²) in [6, 6.07) is 11.6. The van der Waals surface area contributed by atoms with Crippen LogP contribution in [0.25, 0.3) is 20.3 Å². The van der Waals surface area contributed by atoms with E-state index in [-0.39, 0.29) is 30.5 Å². The van der Waals surface area contributed by atoms with E-state index in [9.17, 15) is 14.4 Å². The van der Waals surface area contributed by atoms with Gasteiger partial charge in [-0.2, -0.15) is 0 Å². The van der Waals surface area contributed by atoms with Crippen LogP contribution in [0.15, 0.2) is 41.2 Å². The molecule has 1 aliphatic heterocycles. The quantitative estimate of drug-likeness (QED) is 0.323. The number of esters is 2. The Balaban J connectivity index is 1.54. The zero-order valence-corrected chi connectivity index (χ0v) is 27.8. The van der Waals surface area contributed by atoms with Crippen molar-refractivity contribution < 1.29 is 19.1 Å². The summed E-state index contributed by atoms with van der Waals surface area (Å²) < 4.78 is 13.0. The third kappa shape index (κ3) is 10.6. The lowest BCUT2D eigenvalue weighted by molar-refractivity contribution is -0.157. The van der Waals surface area contributed by atoms with Crippen molar-refractivity contribution in [3.8, 4) is 0 Å². The Morgan fingerprint density at radius 2 is 1.32 bits per heavy atom. The summed E-state index contributed by atoms with van der Waals surface area (Å²) >= 11 is 1.57. The topological polar surface area (TPSA) is 104 Å². The highest BCUT2D eigenvalue weighted by atomic mass is 32.1. The molecule has 44 heavy (non-hydrogen) atoms. The Morgan fingerprint density at radius 1 is 0.773 bits per heavy atom. The first-order chi connectivity index (χ1) is 20.8. The van der Waals surface area contributed by atoms with E-state index in [1.807, 2.05) is 77.9 Å². The van der Waals surface area contributed by atoms with Gasteiger partial charge >= 0.3 is 11.9 Å². The van der Waals surface area contributed by atoms with Gasteiger partial charge in [-0.1, -0.05) is 12.1 Å². The van der Waals surface area contributed by atoms with Crippen LogP contribution < -0.4 is 10.7 Å². The fraction of sp³-hybridized carbons (Fsp3) is 0.576. The van der Waals surface area contributed by atoms with Crippen molar-refractivity contribution in [1.82, 2.24) is 25.0 Å². The van der Waals surface area contributed by atoms with Crippen LogP contribution in [0.3, 0.4) is 0 Å². The number of pyridine rings is 1. The number of hydrogen-bond donors (Lipinski definition) is 1. The zero-order chi connectivity index (χ0) is 31.9. The molecule has 10 nitrogen and oxygen atoms in total. The van der Waals surface area contributed by atoms with Gasteiger partial charge in [0.1, 0.15) is 16.7 Å². The van der Waals surface area contributed by atoms with E-state index in [1.54, 1.807) is 11.3 Å². The number of fused-ring (bicyclic) bond motifs is 2. The fourth-order valence-corrected chi connectivity index (χ4v) is 6.15. The summed E-state index contributed by atoms with van der Waals surface area (Å²) in [5.74, 6) is -0.486. The molecular weight excluding hydrogens is 578 g/mol. The van der Waals surface area contributed by atoms with Crippen LogP contribution in [-0.4, -0.2) is 108 Å². The Morgan fingerprint density at radius 3 is 1.89 bits per heavy atom. The summed E-state index contributed by atoms with van der Waals surface area (Å²) in [4.78, 5) is 50.0. The minimum atomic E-state index is -0.542. The maximum atomic E-state index is 13.3. The van der Waals surface area contributed by atoms with Gasteiger partial charge in [-0.05, 0) is 65.8 Å². The third-order valence-corrected chi connectivity index (χ3v) is 8.21. The lowest BCUT2D eigenvalue weighted by Crippen LogP contribution is -2.47. The van der Waals surface area contributed by atoms with Crippen molar-refractivity contribution in [2.75, 3.05) is 65.4 Å². The number of ether oxygens (including phenoxy) is 2. The zero-order valence-electron chi connectivity index (χ0n) is 27.0. The second kappa shape index (κ2) is 14.9. The molecule has 0 amide bonds. The SMILES string of the molecule is CC(C)(C)OC(=O)CN1CCNCCN(CC(=O)OC(C)(C)C)CCN(Cc2ccc3sc4ccccc4c(=O)c3n2)CC1. The molecule has 1 fully saturated rings. The number of carbonyl (C=O) groups is 2. The van der Waals surface area contributed by atoms with Gasteiger partial charge in [0.15, 0.2) is 0 Å². The smallest absolute Gasteiger partial charge is 0.320 e. The van der Waals surface area contributed by atoms with Crippen LogP contribution >= 0.6 is 11.3 Å². The van der Waals surface area contributed by atoms with Crippen LogP contribution in [0.1, 0.15) is 47.2 Å². The number of aromatic nitrogens is 1. The average molecular weight is 626 g/mol. The van der Waals surface area contributed by atoms with E-state index in [4.69, 9.17) is 14.5 Å². The minimum Gasteiger partial charge on any atom is -0.459 e. The number of rotatable bonds is 6. The van der Waals surface area contributed by atoms with E-state index < -0.39 is 11.2 Å². The molecule has 1 saturated heterocycles. The molecule has 11 heteroatoms. The van der Waals surface area contributed by atoms with Gasteiger partial charge in [0.05, 0.1) is 23.5 Å². The number of nitrogens with one attached hydrogen (secondary N) is 1. The average Bonchev–Trinajstić information content (AvgIpc) is 2.91. The highest BCUT2D eigenvalue weighted by Crippen LogP contribution is 2.24. The van der Waals surface area contributed by atoms with Gasteiger partial charge < -0.3 is 14.8 Å². The Bertz CT molecular complexity index is 1450. The summed E-state index contributed by atoms with van der Waals surface area (Å²) in [7, 11) is 0. The molecule has 0 aliphatic carbocycles. The largest absolute Gasteiger partial charge is 0.459 e. The summed E-state index contributed by atoms with van der Waals surface area (Å²) in [5.41, 5.74) is 0.164. The van der Waals surface area contributed by atoms with Gasteiger partial charge in [0.25, 0.3) is 0 Å². The predicted octanol–water partition coefficient (Wildman–Crippen LogP) is 3.50. The van der Waals surface area contributed by atoms with Crippen LogP contribution in [0.2, 0.25) is 0 Å². The number of benzene rings is 1. The lowest BCUT2D eigenvalue weighted by atomic mass is 10.2. The number of carbonyl (C=O) groups excluding carboxylic acids is 2. The molecule has 0 bridgehead atoms. The molecule has 0 radical (unpaired) electrons. The first-order valence-corrected chi connectivity index (χ1v) is 16.2. The van der Waals surface area contributed by atoms with Gasteiger partial charge in [0.2, 0.25) is 5.43 Å². The van der Waals surface area contributed by atoms with E-state index >= 15 is 0 Å². The van der Waals surface area contributed by atoms with Crippen molar-refractivity contribution in [1.29, 1.82) is 0 Å². The van der Waals surface area contributed by atoms with Crippen molar-refractivity contribution in [2.45, 2.75) is 59.3 Å². The van der Waals surface area contributed by atoms with Gasteiger partial charge in [-0.15, -0.1) is 11.3 Å². The highest BCUT2D eigenvalue weighted by molar-refractivity contribution is 7.24. The highest BCUT2D eigenvalue weighted by Gasteiger charge is 2.23. The molecule has 240 valence electrons. The fourth-order valence-electron chi connectivity index (χ4n) is 5.13. The van der Waals surface area contributed by atoms with Gasteiger partial charge in [-0.25, -0.2) is 4.98 Å². The molecular formula is C33H47N5O5S. The van der Waals surface area contributed by atoms with Crippen LogP contribution in [0, 0.1) is 0 Å². The standard InChI is InChI=1S/C33H47N5O5S/c1-32(2,3)42-28(39)22-36-15-13-34-14-16-37(23-29(40)43-33(4,5)6)18-20-38(19-17-36)21-24-11-12-27-30(35-24)31(41)25-9-7-8-10-26(25)44-27/h7-12,34H,13-23H2,1-6H3. The normalized spacial score (nSPS) is 17.2. The van der Waals surface area contributed by atoms with Gasteiger partial charge in [-0.3, -0.25) is 29.1 Å².